The predicted octanol–water partition coefficient (Wildman–Crippen LogP) is 1.62. The zero-order chi connectivity index (χ0) is 18.5. The SMILES string of the molecule is CCCN1CC(C(=O)N2CCN(C(=O)Nc3ccccc3)CC2)CC1=O. The van der Waals surface area contributed by atoms with Gasteiger partial charge in [-0.15, -0.1) is 0 Å². The molecule has 0 saturated carbocycles. The molecule has 1 unspecified atom stereocenters. The largest absolute Gasteiger partial charge is 0.342 e. The Labute approximate surface area is 153 Å². The Balaban J connectivity index is 1.48. The van der Waals surface area contributed by atoms with Gasteiger partial charge in [-0.3, -0.25) is 9.59 Å². The summed E-state index contributed by atoms with van der Waals surface area (Å²) >= 11 is 0. The van der Waals surface area contributed by atoms with Crippen LogP contribution >= 0.6 is 0 Å². The summed E-state index contributed by atoms with van der Waals surface area (Å²) in [5.74, 6) is -0.120. The molecule has 140 valence electrons. The zero-order valence-electron chi connectivity index (χ0n) is 15.2. The molecule has 0 bridgehead atoms. The van der Waals surface area contributed by atoms with Crippen molar-refractivity contribution in [1.82, 2.24) is 14.7 Å². The number of piperazine rings is 1. The lowest BCUT2D eigenvalue weighted by Gasteiger charge is -2.35. The van der Waals surface area contributed by atoms with Crippen LogP contribution in [-0.2, 0) is 9.59 Å². The lowest BCUT2D eigenvalue weighted by molar-refractivity contribution is -0.137. The molecule has 2 heterocycles. The maximum atomic E-state index is 12.7. The molecule has 0 aromatic heterocycles. The Morgan fingerprint density at radius 3 is 2.38 bits per heavy atom. The van der Waals surface area contributed by atoms with E-state index in [2.05, 4.69) is 5.32 Å². The number of anilines is 1. The quantitative estimate of drug-likeness (QED) is 0.889. The number of urea groups is 1. The molecule has 0 aliphatic carbocycles. The molecule has 2 aliphatic rings. The van der Waals surface area contributed by atoms with Gasteiger partial charge in [0.2, 0.25) is 11.8 Å². The van der Waals surface area contributed by atoms with E-state index in [1.807, 2.05) is 37.3 Å². The van der Waals surface area contributed by atoms with Gasteiger partial charge in [0.1, 0.15) is 0 Å². The third-order valence-corrected chi connectivity index (χ3v) is 4.96. The van der Waals surface area contributed by atoms with Gasteiger partial charge >= 0.3 is 6.03 Å². The molecule has 1 atom stereocenters. The van der Waals surface area contributed by atoms with E-state index < -0.39 is 0 Å². The summed E-state index contributed by atoms with van der Waals surface area (Å²) in [6, 6.07) is 9.19. The molecular weight excluding hydrogens is 332 g/mol. The van der Waals surface area contributed by atoms with Crippen LogP contribution in [0.25, 0.3) is 0 Å². The van der Waals surface area contributed by atoms with E-state index in [-0.39, 0.29) is 23.8 Å². The first-order chi connectivity index (χ1) is 12.6. The molecule has 26 heavy (non-hydrogen) atoms. The first-order valence-corrected chi connectivity index (χ1v) is 9.26. The van der Waals surface area contributed by atoms with Gasteiger partial charge in [-0.25, -0.2) is 4.79 Å². The predicted molar refractivity (Wildman–Crippen MR) is 98.6 cm³/mol. The second-order valence-electron chi connectivity index (χ2n) is 6.85. The highest BCUT2D eigenvalue weighted by Crippen LogP contribution is 2.21. The highest BCUT2D eigenvalue weighted by molar-refractivity contribution is 5.90. The maximum Gasteiger partial charge on any atom is 0.321 e. The molecule has 7 nitrogen and oxygen atoms in total. The minimum Gasteiger partial charge on any atom is -0.342 e. The van der Waals surface area contributed by atoms with Gasteiger partial charge in [-0.1, -0.05) is 25.1 Å². The topological polar surface area (TPSA) is 73.0 Å². The van der Waals surface area contributed by atoms with Gasteiger partial charge < -0.3 is 20.0 Å². The van der Waals surface area contributed by atoms with Crippen molar-refractivity contribution in [3.05, 3.63) is 30.3 Å². The van der Waals surface area contributed by atoms with Crippen LogP contribution < -0.4 is 5.32 Å². The molecule has 7 heteroatoms. The number of benzene rings is 1. The molecule has 1 N–H and O–H groups in total. The molecule has 2 saturated heterocycles. The van der Waals surface area contributed by atoms with Gasteiger partial charge in [-0.2, -0.15) is 0 Å². The van der Waals surface area contributed by atoms with Crippen molar-refractivity contribution in [1.29, 1.82) is 0 Å². The van der Waals surface area contributed by atoms with Gasteiger partial charge in [0.15, 0.2) is 0 Å². The lowest BCUT2D eigenvalue weighted by atomic mass is 10.1. The highest BCUT2D eigenvalue weighted by Gasteiger charge is 2.37. The summed E-state index contributed by atoms with van der Waals surface area (Å²) in [6.07, 6.45) is 1.22. The van der Waals surface area contributed by atoms with Crippen molar-refractivity contribution < 1.29 is 14.4 Å². The van der Waals surface area contributed by atoms with Crippen molar-refractivity contribution in [2.24, 2.45) is 5.92 Å². The van der Waals surface area contributed by atoms with Gasteiger partial charge in [-0.05, 0) is 18.6 Å². The molecular formula is C19H26N4O3. The van der Waals surface area contributed by atoms with E-state index in [1.54, 1.807) is 14.7 Å². The highest BCUT2D eigenvalue weighted by atomic mass is 16.2. The minimum atomic E-state index is -0.237. The fourth-order valence-corrected chi connectivity index (χ4v) is 3.54. The second-order valence-corrected chi connectivity index (χ2v) is 6.85. The fraction of sp³-hybridized carbons (Fsp3) is 0.526. The van der Waals surface area contributed by atoms with E-state index in [4.69, 9.17) is 0 Å². The summed E-state index contributed by atoms with van der Waals surface area (Å²) in [4.78, 5) is 42.3. The smallest absolute Gasteiger partial charge is 0.321 e. The monoisotopic (exact) mass is 358 g/mol. The number of para-hydroxylation sites is 1. The number of amides is 4. The Hall–Kier alpha value is -2.57. The van der Waals surface area contributed by atoms with Crippen LogP contribution in [0.15, 0.2) is 30.3 Å². The first kappa shape index (κ1) is 18.2. The van der Waals surface area contributed by atoms with E-state index in [1.165, 1.54) is 0 Å². The maximum absolute atomic E-state index is 12.7. The second kappa shape index (κ2) is 8.21. The fourth-order valence-electron chi connectivity index (χ4n) is 3.54. The van der Waals surface area contributed by atoms with Crippen LogP contribution in [0.2, 0.25) is 0 Å². The van der Waals surface area contributed by atoms with Crippen molar-refractivity contribution >= 4 is 23.5 Å². The van der Waals surface area contributed by atoms with E-state index >= 15 is 0 Å². The van der Waals surface area contributed by atoms with Crippen LogP contribution in [0.5, 0.6) is 0 Å². The number of nitrogens with zero attached hydrogens (tertiary/aromatic N) is 3. The third-order valence-electron chi connectivity index (χ3n) is 4.96. The van der Waals surface area contributed by atoms with E-state index in [0.29, 0.717) is 39.1 Å². The van der Waals surface area contributed by atoms with Crippen LogP contribution in [0.4, 0.5) is 10.5 Å². The van der Waals surface area contributed by atoms with Gasteiger partial charge in [0.25, 0.3) is 0 Å². The van der Waals surface area contributed by atoms with Gasteiger partial charge in [0.05, 0.1) is 5.92 Å². The summed E-state index contributed by atoms with van der Waals surface area (Å²) in [5, 5.41) is 2.87. The summed E-state index contributed by atoms with van der Waals surface area (Å²) in [5.41, 5.74) is 0.761. The molecule has 0 spiro atoms. The average molecular weight is 358 g/mol. The molecule has 1 aromatic rings. The molecule has 0 radical (unpaired) electrons. The number of hydrogen-bond acceptors (Lipinski definition) is 3. The number of hydrogen-bond donors (Lipinski definition) is 1. The normalized spacial score (nSPS) is 20.4. The van der Waals surface area contributed by atoms with Crippen molar-refractivity contribution in [2.75, 3.05) is 44.6 Å². The third kappa shape index (κ3) is 4.15. The summed E-state index contributed by atoms with van der Waals surface area (Å²) in [6.45, 7) is 5.31. The molecule has 2 fully saturated rings. The lowest BCUT2D eigenvalue weighted by Crippen LogP contribution is -2.53. The van der Waals surface area contributed by atoms with Crippen molar-refractivity contribution in [3.63, 3.8) is 0 Å². The van der Waals surface area contributed by atoms with Crippen LogP contribution in [0, 0.1) is 5.92 Å². The van der Waals surface area contributed by atoms with E-state index in [9.17, 15) is 14.4 Å². The Morgan fingerprint density at radius 2 is 1.73 bits per heavy atom. The van der Waals surface area contributed by atoms with Crippen LogP contribution in [-0.4, -0.2) is 71.8 Å². The van der Waals surface area contributed by atoms with Gasteiger partial charge in [0, 0.05) is 51.4 Å². The molecule has 1 aromatic carbocycles. The zero-order valence-corrected chi connectivity index (χ0v) is 15.2. The van der Waals surface area contributed by atoms with E-state index in [0.717, 1.165) is 18.7 Å². The molecule has 4 amide bonds. The number of carbonyl (C=O) groups is 3. The first-order valence-electron chi connectivity index (χ1n) is 9.26. The summed E-state index contributed by atoms with van der Waals surface area (Å²) in [7, 11) is 0. The van der Waals surface area contributed by atoms with Crippen LogP contribution in [0.1, 0.15) is 19.8 Å². The van der Waals surface area contributed by atoms with Crippen LogP contribution in [0.3, 0.4) is 0 Å². The number of carbonyl (C=O) groups excluding carboxylic acids is 3. The summed E-state index contributed by atoms with van der Waals surface area (Å²) < 4.78 is 0. The molecule has 2 aliphatic heterocycles. The molecule has 3 rings (SSSR count). The minimum absolute atomic E-state index is 0.0417. The Bertz CT molecular complexity index is 656. The standard InChI is InChI=1S/C19H26N4O3/c1-2-8-23-14-15(13-17(23)24)18(25)21-9-11-22(12-10-21)19(26)20-16-6-4-3-5-7-16/h3-7,15H,2,8-14H2,1H3,(H,20,26). The Kier molecular flexibility index (Phi) is 5.75. The number of likely N-dealkylation sites (tertiary alicyclic amines) is 1. The number of nitrogens with one attached hydrogen (secondary N) is 1. The average Bonchev–Trinajstić information content (AvgIpc) is 3.03. The van der Waals surface area contributed by atoms with Crippen molar-refractivity contribution in [2.45, 2.75) is 19.8 Å². The van der Waals surface area contributed by atoms with Crippen molar-refractivity contribution in [3.8, 4) is 0 Å². The Morgan fingerprint density at radius 1 is 1.08 bits per heavy atom. The number of rotatable bonds is 4.